The number of rotatable bonds is 11. The standard InChI is InChI=1S/C24H31IN7O3P/c1-35-19(33)9-5-6-14-26-23(34)16-10-12-18(13-11-16)29-24-30-21(28-17-7-3-2-4-8-17)20-22(31-24)32(36-25)15-27-20/h10-13,15,17,36H,2-9,14H2,1H3,(H,26,34)(H2,28,29,30,31). The Morgan fingerprint density at radius 2 is 1.92 bits per heavy atom. The fourth-order valence-electron chi connectivity index (χ4n) is 4.19. The van der Waals surface area contributed by atoms with Gasteiger partial charge in [0.15, 0.2) is 17.0 Å². The van der Waals surface area contributed by atoms with Gasteiger partial charge in [-0.1, -0.05) is 19.3 Å². The van der Waals surface area contributed by atoms with Gasteiger partial charge < -0.3 is 20.7 Å². The van der Waals surface area contributed by atoms with E-state index in [1.807, 2.05) is 22.8 Å². The molecule has 1 fully saturated rings. The zero-order chi connectivity index (χ0) is 25.3. The number of anilines is 3. The van der Waals surface area contributed by atoms with Crippen LogP contribution >= 0.6 is 28.4 Å². The van der Waals surface area contributed by atoms with E-state index in [4.69, 9.17) is 9.97 Å². The Hall–Kier alpha value is -2.53. The number of esters is 1. The Morgan fingerprint density at radius 3 is 2.64 bits per heavy atom. The maximum absolute atomic E-state index is 12.4. The van der Waals surface area contributed by atoms with Crippen molar-refractivity contribution in [2.24, 2.45) is 0 Å². The van der Waals surface area contributed by atoms with Crippen LogP contribution in [0.5, 0.6) is 0 Å². The molecule has 1 aromatic carbocycles. The number of amides is 1. The van der Waals surface area contributed by atoms with Gasteiger partial charge in [-0.2, -0.15) is 9.97 Å². The summed E-state index contributed by atoms with van der Waals surface area (Å²) in [5.41, 5.74) is 2.93. The predicted molar refractivity (Wildman–Crippen MR) is 151 cm³/mol. The van der Waals surface area contributed by atoms with E-state index in [0.717, 1.165) is 35.5 Å². The minimum atomic E-state index is -0.233. The van der Waals surface area contributed by atoms with Crippen LogP contribution < -0.4 is 16.0 Å². The lowest BCUT2D eigenvalue weighted by Crippen LogP contribution is -2.24. The van der Waals surface area contributed by atoms with Crippen LogP contribution in [0.1, 0.15) is 61.7 Å². The van der Waals surface area contributed by atoms with Crippen molar-refractivity contribution >= 4 is 68.9 Å². The van der Waals surface area contributed by atoms with Crippen LogP contribution in [0.4, 0.5) is 17.5 Å². The van der Waals surface area contributed by atoms with Crippen LogP contribution in [0.25, 0.3) is 11.2 Å². The van der Waals surface area contributed by atoms with Crippen molar-refractivity contribution in [3.05, 3.63) is 36.2 Å². The molecule has 0 radical (unpaired) electrons. The SMILES string of the molecule is COC(=O)CCCCNC(=O)c1ccc(Nc2nc(NC3CCCCC3)c3ncn(PI)c3n2)cc1. The molecule has 12 heteroatoms. The molecule has 36 heavy (non-hydrogen) atoms. The van der Waals surface area contributed by atoms with E-state index < -0.39 is 0 Å². The van der Waals surface area contributed by atoms with Gasteiger partial charge in [-0.25, -0.2) is 4.98 Å². The Kier molecular flexibility index (Phi) is 9.68. The van der Waals surface area contributed by atoms with E-state index >= 15 is 0 Å². The Bertz CT molecular complexity index is 1180. The molecule has 0 saturated heterocycles. The molecule has 1 unspecified atom stereocenters. The molecule has 3 aromatic rings. The van der Waals surface area contributed by atoms with Crippen molar-refractivity contribution < 1.29 is 14.3 Å². The molecule has 1 amide bonds. The van der Waals surface area contributed by atoms with Crippen LogP contribution in [-0.2, 0) is 9.53 Å². The smallest absolute Gasteiger partial charge is 0.305 e. The number of methoxy groups -OCH3 is 1. The number of halogens is 1. The first-order valence-electron chi connectivity index (χ1n) is 12.2. The second-order valence-electron chi connectivity index (χ2n) is 8.74. The minimum Gasteiger partial charge on any atom is -0.469 e. The van der Waals surface area contributed by atoms with Gasteiger partial charge in [-0.05, 0) is 72.0 Å². The monoisotopic (exact) mass is 623 g/mol. The highest BCUT2D eigenvalue weighted by atomic mass is 127. The largest absolute Gasteiger partial charge is 0.469 e. The van der Waals surface area contributed by atoms with Gasteiger partial charge in [0.05, 0.1) is 13.5 Å². The molecule has 1 saturated carbocycles. The minimum absolute atomic E-state index is 0.150. The van der Waals surface area contributed by atoms with E-state index in [0.29, 0.717) is 49.7 Å². The number of ether oxygens (including phenoxy) is 1. The summed E-state index contributed by atoms with van der Waals surface area (Å²) in [6.45, 7) is 0.506. The van der Waals surface area contributed by atoms with Gasteiger partial charge in [-0.15, -0.1) is 0 Å². The van der Waals surface area contributed by atoms with Crippen molar-refractivity contribution in [3.63, 3.8) is 0 Å². The quantitative estimate of drug-likeness (QED) is 0.116. The van der Waals surface area contributed by atoms with E-state index in [1.165, 1.54) is 26.4 Å². The van der Waals surface area contributed by atoms with Crippen LogP contribution in [0.2, 0.25) is 0 Å². The molecule has 0 aliphatic heterocycles. The Balaban J connectivity index is 1.40. The van der Waals surface area contributed by atoms with Crippen LogP contribution in [-0.4, -0.2) is 50.9 Å². The highest BCUT2D eigenvalue weighted by Crippen LogP contribution is 2.32. The first-order chi connectivity index (χ1) is 17.6. The van der Waals surface area contributed by atoms with Gasteiger partial charge in [0, 0.05) is 30.3 Å². The lowest BCUT2D eigenvalue weighted by molar-refractivity contribution is -0.140. The predicted octanol–water partition coefficient (Wildman–Crippen LogP) is 5.18. The van der Waals surface area contributed by atoms with Crippen molar-refractivity contribution in [1.29, 1.82) is 0 Å². The molecule has 10 nitrogen and oxygen atoms in total. The zero-order valence-corrected chi connectivity index (χ0v) is 23.4. The van der Waals surface area contributed by atoms with Crippen molar-refractivity contribution in [3.8, 4) is 0 Å². The van der Waals surface area contributed by atoms with Gasteiger partial charge in [-0.3, -0.25) is 13.9 Å². The maximum Gasteiger partial charge on any atom is 0.305 e. The Morgan fingerprint density at radius 1 is 1.14 bits per heavy atom. The van der Waals surface area contributed by atoms with Crippen molar-refractivity contribution in [2.45, 2.75) is 57.4 Å². The van der Waals surface area contributed by atoms with Gasteiger partial charge in [0.2, 0.25) is 5.95 Å². The molecule has 0 spiro atoms. The number of imidazole rings is 1. The maximum atomic E-state index is 12.4. The molecular formula is C24H31IN7O3P. The summed E-state index contributed by atoms with van der Waals surface area (Å²) >= 11 is 2.32. The summed E-state index contributed by atoms with van der Waals surface area (Å²) in [6.07, 6.45) is 10.1. The van der Waals surface area contributed by atoms with E-state index in [9.17, 15) is 9.59 Å². The topological polar surface area (TPSA) is 123 Å². The molecular weight excluding hydrogens is 592 g/mol. The van der Waals surface area contributed by atoms with E-state index in [-0.39, 0.29) is 11.9 Å². The zero-order valence-electron chi connectivity index (χ0n) is 20.2. The summed E-state index contributed by atoms with van der Waals surface area (Å²) < 4.78 is 6.64. The average Bonchev–Trinajstić information content (AvgIpc) is 3.32. The number of nitrogens with zero attached hydrogens (tertiary/aromatic N) is 4. The number of aromatic nitrogens is 4. The molecule has 1 aliphatic carbocycles. The third-order valence-corrected chi connectivity index (χ3v) is 8.23. The molecule has 3 N–H and O–H groups in total. The first-order valence-corrected chi connectivity index (χ1v) is 16.2. The van der Waals surface area contributed by atoms with Gasteiger partial charge >= 0.3 is 5.97 Å². The molecule has 2 aromatic heterocycles. The number of hydrogen-bond acceptors (Lipinski definition) is 8. The second-order valence-corrected chi connectivity index (χ2v) is 10.8. The third-order valence-electron chi connectivity index (χ3n) is 6.16. The number of fused-ring (bicyclic) bond motifs is 1. The number of carbonyl (C=O) groups excluding carboxylic acids is 2. The summed E-state index contributed by atoms with van der Waals surface area (Å²) in [5.74, 6) is 0.859. The van der Waals surface area contributed by atoms with Crippen LogP contribution in [0.3, 0.4) is 0 Å². The fraction of sp³-hybridized carbons (Fsp3) is 0.458. The first kappa shape index (κ1) is 26.5. The molecule has 192 valence electrons. The third kappa shape index (κ3) is 7.03. The molecule has 0 bridgehead atoms. The number of benzene rings is 1. The molecule has 4 rings (SSSR count). The van der Waals surface area contributed by atoms with Gasteiger partial charge in [0.25, 0.3) is 5.91 Å². The van der Waals surface area contributed by atoms with E-state index in [1.54, 1.807) is 12.1 Å². The second kappa shape index (κ2) is 13.1. The highest BCUT2D eigenvalue weighted by molar-refractivity contribution is 14.2. The van der Waals surface area contributed by atoms with Crippen LogP contribution in [0, 0.1) is 0 Å². The molecule has 1 atom stereocenters. The van der Waals surface area contributed by atoms with Gasteiger partial charge in [0.1, 0.15) is 6.33 Å². The number of unbranched alkanes of at least 4 members (excludes halogenated alkanes) is 1. The highest BCUT2D eigenvalue weighted by Gasteiger charge is 2.19. The molecule has 1 aliphatic rings. The summed E-state index contributed by atoms with van der Waals surface area (Å²) in [6, 6.07) is 7.61. The number of carbonyl (C=O) groups is 2. The lowest BCUT2D eigenvalue weighted by Gasteiger charge is -2.23. The van der Waals surface area contributed by atoms with E-state index in [2.05, 4.69) is 47.7 Å². The molecule has 2 heterocycles. The van der Waals surface area contributed by atoms with Crippen molar-refractivity contribution in [2.75, 3.05) is 24.3 Å². The summed E-state index contributed by atoms with van der Waals surface area (Å²) in [7, 11) is 1.38. The average molecular weight is 623 g/mol. The normalized spacial score (nSPS) is 14.3. The summed E-state index contributed by atoms with van der Waals surface area (Å²) in [4.78, 5) is 37.6. The summed E-state index contributed by atoms with van der Waals surface area (Å²) in [5, 5.41) is 9.77. The lowest BCUT2D eigenvalue weighted by atomic mass is 9.95. The fourth-order valence-corrected chi connectivity index (χ4v) is 5.59. The van der Waals surface area contributed by atoms with Crippen molar-refractivity contribution in [1.82, 2.24) is 24.6 Å². The van der Waals surface area contributed by atoms with Crippen LogP contribution in [0.15, 0.2) is 30.6 Å². The number of nitrogens with one attached hydrogen (secondary N) is 3. The number of hydrogen-bond donors (Lipinski definition) is 3. The Labute approximate surface area is 225 Å².